The Balaban J connectivity index is 2.57. The monoisotopic (exact) mass is 356 g/mol. The Labute approximate surface area is 152 Å². The summed E-state index contributed by atoms with van der Waals surface area (Å²) in [5, 5.41) is 11.9. The van der Waals surface area contributed by atoms with Crippen LogP contribution in [0.25, 0.3) is 11.1 Å². The molecule has 7 nitrogen and oxygen atoms in total. The smallest absolute Gasteiger partial charge is 0.305 e. The van der Waals surface area contributed by atoms with Crippen LogP contribution in [-0.2, 0) is 15.0 Å². The number of carbonyl (C=O) groups is 2. The molecule has 1 atom stereocenters. The van der Waals surface area contributed by atoms with E-state index in [0.29, 0.717) is 5.56 Å². The summed E-state index contributed by atoms with van der Waals surface area (Å²) in [7, 11) is 0. The maximum Gasteiger partial charge on any atom is 0.305 e. The molecule has 0 aliphatic heterocycles. The number of nitrogens with one attached hydrogen (secondary N) is 1. The summed E-state index contributed by atoms with van der Waals surface area (Å²) in [5.74, 6) is -1.40. The first-order valence-electron chi connectivity index (χ1n) is 8.33. The Hall–Kier alpha value is -2.80. The molecule has 2 aromatic rings. The van der Waals surface area contributed by atoms with E-state index < -0.39 is 17.9 Å². The van der Waals surface area contributed by atoms with Crippen LogP contribution in [0.3, 0.4) is 0 Å². The number of nitrogens with zero attached hydrogens (tertiary/aromatic N) is 2. The minimum Gasteiger partial charge on any atom is -0.481 e. The van der Waals surface area contributed by atoms with Crippen molar-refractivity contribution in [1.82, 2.24) is 15.3 Å². The Morgan fingerprint density at radius 1 is 1.15 bits per heavy atom. The first-order valence-corrected chi connectivity index (χ1v) is 8.33. The molecular formula is C19H24N4O3. The van der Waals surface area contributed by atoms with E-state index in [0.717, 1.165) is 16.7 Å². The molecule has 0 aliphatic carbocycles. The van der Waals surface area contributed by atoms with Gasteiger partial charge in [0.25, 0.3) is 0 Å². The molecule has 4 N–H and O–H groups in total. The molecule has 2 rings (SSSR count). The minimum absolute atomic E-state index is 0.161. The SMILES string of the molecule is CC(C)(C)c1cc(-c2cncnc2)cc(C(CC(=O)O)NC(=O)CN)c1. The summed E-state index contributed by atoms with van der Waals surface area (Å²) in [4.78, 5) is 31.1. The number of rotatable bonds is 6. The molecule has 1 heterocycles. The molecule has 7 heteroatoms. The van der Waals surface area contributed by atoms with Gasteiger partial charge in [0.2, 0.25) is 5.91 Å². The molecule has 0 spiro atoms. The third kappa shape index (κ3) is 5.10. The molecule has 26 heavy (non-hydrogen) atoms. The molecule has 138 valence electrons. The maximum atomic E-state index is 11.8. The average molecular weight is 356 g/mol. The second-order valence-electron chi connectivity index (χ2n) is 7.14. The van der Waals surface area contributed by atoms with Gasteiger partial charge in [-0.3, -0.25) is 9.59 Å². The summed E-state index contributed by atoms with van der Waals surface area (Å²) in [6, 6.07) is 5.15. The Bertz CT molecular complexity index is 785. The van der Waals surface area contributed by atoms with Crippen molar-refractivity contribution in [1.29, 1.82) is 0 Å². The second-order valence-corrected chi connectivity index (χ2v) is 7.14. The lowest BCUT2D eigenvalue weighted by molar-refractivity contribution is -0.137. The summed E-state index contributed by atoms with van der Waals surface area (Å²) in [6.07, 6.45) is 4.61. The van der Waals surface area contributed by atoms with Crippen LogP contribution >= 0.6 is 0 Å². The Kier molecular flexibility index (Phi) is 6.05. The lowest BCUT2D eigenvalue weighted by Crippen LogP contribution is -2.35. The van der Waals surface area contributed by atoms with Crippen molar-refractivity contribution in [3.05, 3.63) is 48.0 Å². The molecule has 0 aliphatic rings. The predicted octanol–water partition coefficient (Wildman–Crippen LogP) is 2.03. The van der Waals surface area contributed by atoms with Crippen molar-refractivity contribution in [2.45, 2.75) is 38.6 Å². The van der Waals surface area contributed by atoms with E-state index in [2.05, 4.69) is 36.1 Å². The van der Waals surface area contributed by atoms with E-state index >= 15 is 0 Å². The number of carbonyl (C=O) groups excluding carboxylic acids is 1. The number of amides is 1. The van der Waals surface area contributed by atoms with Crippen LogP contribution in [0.1, 0.15) is 44.4 Å². The van der Waals surface area contributed by atoms with Gasteiger partial charge in [-0.1, -0.05) is 32.9 Å². The van der Waals surface area contributed by atoms with Crippen LogP contribution < -0.4 is 11.1 Å². The fourth-order valence-electron chi connectivity index (χ4n) is 2.58. The standard InChI is InChI=1S/C19H24N4O3/c1-19(2,3)15-5-12(14-9-21-11-22-10-14)4-13(6-15)16(7-18(25)26)23-17(24)8-20/h4-6,9-11,16H,7-8,20H2,1-3H3,(H,23,24)(H,25,26). The molecule has 1 unspecified atom stereocenters. The van der Waals surface area contributed by atoms with Crippen molar-refractivity contribution < 1.29 is 14.7 Å². The van der Waals surface area contributed by atoms with Gasteiger partial charge in [0.05, 0.1) is 19.0 Å². The van der Waals surface area contributed by atoms with Crippen LogP contribution in [-0.4, -0.2) is 33.5 Å². The number of aliphatic carboxylic acids is 1. The zero-order chi connectivity index (χ0) is 19.3. The average Bonchev–Trinajstić information content (AvgIpc) is 2.60. The number of carboxylic acid groups (broad SMARTS) is 1. The number of hydrogen-bond acceptors (Lipinski definition) is 5. The van der Waals surface area contributed by atoms with E-state index in [1.54, 1.807) is 12.4 Å². The van der Waals surface area contributed by atoms with Crippen LogP contribution in [0, 0.1) is 0 Å². The van der Waals surface area contributed by atoms with Gasteiger partial charge in [-0.2, -0.15) is 0 Å². The van der Waals surface area contributed by atoms with Gasteiger partial charge < -0.3 is 16.2 Å². The zero-order valence-corrected chi connectivity index (χ0v) is 15.2. The summed E-state index contributed by atoms with van der Waals surface area (Å²) < 4.78 is 0. The highest BCUT2D eigenvalue weighted by Crippen LogP contribution is 2.31. The van der Waals surface area contributed by atoms with Gasteiger partial charge in [-0.05, 0) is 28.2 Å². The third-order valence-corrected chi connectivity index (χ3v) is 4.02. The predicted molar refractivity (Wildman–Crippen MR) is 98.4 cm³/mol. The van der Waals surface area contributed by atoms with Crippen LogP contribution in [0.2, 0.25) is 0 Å². The first kappa shape index (κ1) is 19.5. The highest BCUT2D eigenvalue weighted by atomic mass is 16.4. The fraction of sp³-hybridized carbons (Fsp3) is 0.368. The van der Waals surface area contributed by atoms with E-state index in [1.165, 1.54) is 6.33 Å². The zero-order valence-electron chi connectivity index (χ0n) is 15.2. The van der Waals surface area contributed by atoms with Crippen molar-refractivity contribution >= 4 is 11.9 Å². The quantitative estimate of drug-likeness (QED) is 0.729. The lowest BCUT2D eigenvalue weighted by atomic mass is 9.83. The number of carboxylic acids is 1. The molecule has 0 saturated carbocycles. The number of nitrogens with two attached hydrogens (primary N) is 1. The van der Waals surface area contributed by atoms with Gasteiger partial charge in [0.1, 0.15) is 6.33 Å². The maximum absolute atomic E-state index is 11.8. The van der Waals surface area contributed by atoms with Crippen LogP contribution in [0.15, 0.2) is 36.9 Å². The Morgan fingerprint density at radius 3 is 2.35 bits per heavy atom. The van der Waals surface area contributed by atoms with Crippen molar-refractivity contribution in [3.8, 4) is 11.1 Å². The largest absolute Gasteiger partial charge is 0.481 e. The molecule has 1 amide bonds. The Morgan fingerprint density at radius 2 is 1.81 bits per heavy atom. The van der Waals surface area contributed by atoms with Gasteiger partial charge >= 0.3 is 5.97 Å². The fourth-order valence-corrected chi connectivity index (χ4v) is 2.58. The van der Waals surface area contributed by atoms with Crippen LogP contribution in [0.5, 0.6) is 0 Å². The van der Waals surface area contributed by atoms with Crippen LogP contribution in [0.4, 0.5) is 0 Å². The summed E-state index contributed by atoms with van der Waals surface area (Å²) in [6.45, 7) is 6.01. The van der Waals surface area contributed by atoms with Gasteiger partial charge in [0.15, 0.2) is 0 Å². The number of benzene rings is 1. The highest BCUT2D eigenvalue weighted by Gasteiger charge is 2.22. The molecule has 0 fully saturated rings. The molecule has 1 aromatic carbocycles. The van der Waals surface area contributed by atoms with E-state index in [1.807, 2.05) is 18.2 Å². The third-order valence-electron chi connectivity index (χ3n) is 4.02. The topological polar surface area (TPSA) is 118 Å². The lowest BCUT2D eigenvalue weighted by Gasteiger charge is -2.24. The molecule has 0 bridgehead atoms. The van der Waals surface area contributed by atoms with Crippen molar-refractivity contribution in [2.24, 2.45) is 5.73 Å². The van der Waals surface area contributed by atoms with Gasteiger partial charge in [0, 0.05) is 18.0 Å². The van der Waals surface area contributed by atoms with Crippen molar-refractivity contribution in [3.63, 3.8) is 0 Å². The highest BCUT2D eigenvalue weighted by molar-refractivity contribution is 5.79. The second kappa shape index (κ2) is 8.05. The normalized spacial score (nSPS) is 12.5. The molecule has 0 radical (unpaired) electrons. The molecule has 0 saturated heterocycles. The van der Waals surface area contributed by atoms with Gasteiger partial charge in [-0.25, -0.2) is 9.97 Å². The minimum atomic E-state index is -1.00. The first-order chi connectivity index (χ1) is 12.2. The van der Waals surface area contributed by atoms with Gasteiger partial charge in [-0.15, -0.1) is 0 Å². The van der Waals surface area contributed by atoms with E-state index in [4.69, 9.17) is 5.73 Å². The van der Waals surface area contributed by atoms with E-state index in [9.17, 15) is 14.7 Å². The molecular weight excluding hydrogens is 332 g/mol. The van der Waals surface area contributed by atoms with E-state index in [-0.39, 0.29) is 18.4 Å². The summed E-state index contributed by atoms with van der Waals surface area (Å²) in [5.41, 5.74) is 8.63. The molecule has 1 aromatic heterocycles. The summed E-state index contributed by atoms with van der Waals surface area (Å²) >= 11 is 0. The number of hydrogen-bond donors (Lipinski definition) is 3. The number of aromatic nitrogens is 2. The van der Waals surface area contributed by atoms with Crippen molar-refractivity contribution in [2.75, 3.05) is 6.54 Å².